The van der Waals surface area contributed by atoms with Crippen LogP contribution in [0.2, 0.25) is 5.02 Å². The zero-order chi connectivity index (χ0) is 20.0. The molecule has 0 aromatic heterocycles. The van der Waals surface area contributed by atoms with Crippen molar-refractivity contribution in [3.05, 3.63) is 51.2 Å². The Balaban J connectivity index is 0.00000218. The van der Waals surface area contributed by atoms with Gasteiger partial charge in [0.2, 0.25) is 0 Å². The third-order valence-electron chi connectivity index (χ3n) is 6.18. The van der Waals surface area contributed by atoms with E-state index >= 15 is 0 Å². The van der Waals surface area contributed by atoms with Gasteiger partial charge in [0, 0.05) is 30.1 Å². The van der Waals surface area contributed by atoms with Gasteiger partial charge >= 0.3 is 5.69 Å². The van der Waals surface area contributed by atoms with Gasteiger partial charge in [-0.3, -0.25) is 9.13 Å². The van der Waals surface area contributed by atoms with Crippen molar-refractivity contribution in [3.8, 4) is 11.5 Å². The van der Waals surface area contributed by atoms with Crippen molar-refractivity contribution in [2.75, 3.05) is 5.32 Å². The monoisotopic (exact) mass is 447 g/mol. The second-order valence-corrected chi connectivity index (χ2v) is 8.74. The van der Waals surface area contributed by atoms with Crippen LogP contribution in [0.1, 0.15) is 56.3 Å². The van der Waals surface area contributed by atoms with Crippen LogP contribution < -0.4 is 11.0 Å². The first-order valence-electron chi connectivity index (χ1n) is 10.7. The van der Waals surface area contributed by atoms with Crippen LogP contribution in [0, 0.1) is 0 Å². The molecule has 3 heterocycles. The SMILES string of the molecule is CCCn1c2nc(C3CCCC3)nc-2c2n(c1=O)CC(Cc1ccc(Cl)cc1)N2.Cl. The summed E-state index contributed by atoms with van der Waals surface area (Å²) in [7, 11) is 0. The van der Waals surface area contributed by atoms with Gasteiger partial charge in [-0.05, 0) is 43.4 Å². The van der Waals surface area contributed by atoms with Gasteiger partial charge in [-0.25, -0.2) is 14.8 Å². The number of nitrogens with zero attached hydrogens (tertiary/aromatic N) is 4. The number of benzene rings is 1. The highest BCUT2D eigenvalue weighted by Gasteiger charge is 2.33. The second-order valence-electron chi connectivity index (χ2n) is 8.30. The van der Waals surface area contributed by atoms with Gasteiger partial charge in [0.15, 0.2) is 5.82 Å². The fourth-order valence-electron chi connectivity index (χ4n) is 4.75. The summed E-state index contributed by atoms with van der Waals surface area (Å²) in [6.45, 7) is 3.40. The summed E-state index contributed by atoms with van der Waals surface area (Å²) in [4.78, 5) is 23.0. The van der Waals surface area contributed by atoms with Gasteiger partial charge in [-0.2, -0.15) is 0 Å². The van der Waals surface area contributed by atoms with E-state index in [1.54, 1.807) is 0 Å². The Kier molecular flexibility index (Phi) is 6.07. The van der Waals surface area contributed by atoms with E-state index in [9.17, 15) is 4.79 Å². The Labute approximate surface area is 187 Å². The molecule has 6 nitrogen and oxygen atoms in total. The smallest absolute Gasteiger partial charge is 0.331 e. The summed E-state index contributed by atoms with van der Waals surface area (Å²) < 4.78 is 3.67. The van der Waals surface area contributed by atoms with E-state index in [1.807, 2.05) is 33.4 Å². The van der Waals surface area contributed by atoms with Crippen LogP contribution in [0.4, 0.5) is 5.82 Å². The van der Waals surface area contributed by atoms with Crippen LogP contribution >= 0.6 is 24.0 Å². The molecule has 0 bridgehead atoms. The highest BCUT2D eigenvalue weighted by molar-refractivity contribution is 6.30. The molecular formula is C22H27Cl2N5O. The maximum absolute atomic E-state index is 13.2. The standard InChI is InChI=1S/C22H26ClN5O.ClH/c1-2-11-27-21-18(25-19(26-21)15-5-3-4-6-15)20-24-17(13-28(20)22(27)29)12-14-7-9-16(23)10-8-14;/h7-10,15,17,24H,2-6,11-13H2,1H3;1H. The lowest BCUT2D eigenvalue weighted by Crippen LogP contribution is -2.32. The summed E-state index contributed by atoms with van der Waals surface area (Å²) in [5.74, 6) is 2.91. The molecule has 30 heavy (non-hydrogen) atoms. The molecule has 5 rings (SSSR count). The topological polar surface area (TPSA) is 64.7 Å². The van der Waals surface area contributed by atoms with Crippen LogP contribution in [-0.4, -0.2) is 25.1 Å². The first-order valence-corrected chi connectivity index (χ1v) is 11.0. The van der Waals surface area contributed by atoms with Gasteiger partial charge in [0.25, 0.3) is 0 Å². The van der Waals surface area contributed by atoms with Gasteiger partial charge in [-0.15, -0.1) is 12.4 Å². The Bertz CT molecular complexity index is 1050. The number of nitrogens with one attached hydrogen (secondary N) is 1. The lowest BCUT2D eigenvalue weighted by Gasteiger charge is -2.13. The van der Waals surface area contributed by atoms with Crippen LogP contribution in [-0.2, 0) is 19.5 Å². The van der Waals surface area contributed by atoms with Crippen molar-refractivity contribution in [2.24, 2.45) is 0 Å². The third-order valence-corrected chi connectivity index (χ3v) is 6.43. The molecular weight excluding hydrogens is 421 g/mol. The number of imidazole rings is 1. The number of anilines is 1. The predicted octanol–water partition coefficient (Wildman–Crippen LogP) is 4.72. The molecule has 1 atom stereocenters. The van der Waals surface area contributed by atoms with Crippen molar-refractivity contribution < 1.29 is 0 Å². The van der Waals surface area contributed by atoms with Crippen molar-refractivity contribution in [1.29, 1.82) is 0 Å². The number of halogens is 2. The minimum Gasteiger partial charge on any atom is -0.365 e. The Morgan fingerprint density at radius 2 is 1.90 bits per heavy atom. The molecule has 0 amide bonds. The summed E-state index contributed by atoms with van der Waals surface area (Å²) in [5.41, 5.74) is 2.06. The van der Waals surface area contributed by atoms with Crippen LogP contribution in [0.3, 0.4) is 0 Å². The van der Waals surface area contributed by atoms with E-state index in [4.69, 9.17) is 21.6 Å². The molecule has 4 aliphatic rings. The van der Waals surface area contributed by atoms with Gasteiger partial charge in [0.1, 0.15) is 17.3 Å². The highest BCUT2D eigenvalue weighted by atomic mass is 35.5. The quantitative estimate of drug-likeness (QED) is 0.613. The summed E-state index contributed by atoms with van der Waals surface area (Å²) in [5, 5.41) is 4.31. The van der Waals surface area contributed by atoms with Gasteiger partial charge in [0.05, 0.1) is 0 Å². The normalized spacial score (nSPS) is 18.4. The summed E-state index contributed by atoms with van der Waals surface area (Å²) in [6, 6.07) is 8.06. The summed E-state index contributed by atoms with van der Waals surface area (Å²) >= 11 is 6.01. The Morgan fingerprint density at radius 1 is 1.17 bits per heavy atom. The second kappa shape index (κ2) is 8.60. The zero-order valence-electron chi connectivity index (χ0n) is 17.1. The molecule has 3 aliphatic heterocycles. The van der Waals surface area contributed by atoms with E-state index in [0.29, 0.717) is 19.0 Å². The minimum atomic E-state index is 0. The average Bonchev–Trinajstić information content (AvgIpc) is 3.45. The molecule has 1 N–H and O–H groups in total. The van der Waals surface area contributed by atoms with Crippen LogP contribution in [0.25, 0.3) is 11.5 Å². The molecule has 1 aromatic rings. The first-order chi connectivity index (χ1) is 14.1. The van der Waals surface area contributed by atoms with Crippen LogP contribution in [0.15, 0.2) is 29.1 Å². The van der Waals surface area contributed by atoms with Crippen molar-refractivity contribution in [3.63, 3.8) is 0 Å². The fraction of sp³-hybridized carbons (Fsp3) is 0.500. The molecule has 1 fully saturated rings. The molecule has 8 heteroatoms. The van der Waals surface area contributed by atoms with E-state index < -0.39 is 0 Å². The maximum atomic E-state index is 13.2. The zero-order valence-corrected chi connectivity index (χ0v) is 18.7. The minimum absolute atomic E-state index is 0. The molecule has 0 saturated heterocycles. The number of hydrogen-bond acceptors (Lipinski definition) is 4. The fourth-order valence-corrected chi connectivity index (χ4v) is 4.87. The van der Waals surface area contributed by atoms with E-state index in [-0.39, 0.29) is 24.1 Å². The number of aromatic nitrogens is 4. The maximum Gasteiger partial charge on any atom is 0.331 e. The third kappa shape index (κ3) is 3.71. The van der Waals surface area contributed by atoms with Gasteiger partial charge in [-0.1, -0.05) is 43.5 Å². The molecule has 160 valence electrons. The van der Waals surface area contributed by atoms with E-state index in [0.717, 1.165) is 53.9 Å². The largest absolute Gasteiger partial charge is 0.365 e. The molecule has 1 aliphatic carbocycles. The number of fused-ring (bicyclic) bond motifs is 3. The van der Waals surface area contributed by atoms with Crippen molar-refractivity contribution in [2.45, 2.75) is 70.5 Å². The van der Waals surface area contributed by atoms with Crippen molar-refractivity contribution in [1.82, 2.24) is 19.1 Å². The Morgan fingerprint density at radius 3 is 2.60 bits per heavy atom. The lowest BCUT2D eigenvalue weighted by atomic mass is 10.1. The van der Waals surface area contributed by atoms with E-state index in [2.05, 4.69) is 12.2 Å². The molecule has 1 saturated carbocycles. The van der Waals surface area contributed by atoms with Gasteiger partial charge < -0.3 is 5.32 Å². The molecule has 0 spiro atoms. The van der Waals surface area contributed by atoms with Crippen LogP contribution in [0.5, 0.6) is 0 Å². The Hall–Kier alpha value is -2.05. The molecule has 1 unspecified atom stereocenters. The number of hydrogen-bond donors (Lipinski definition) is 1. The highest BCUT2D eigenvalue weighted by Crippen LogP contribution is 2.37. The van der Waals surface area contributed by atoms with E-state index in [1.165, 1.54) is 18.4 Å². The molecule has 1 aromatic carbocycles. The molecule has 0 radical (unpaired) electrons. The number of rotatable bonds is 5. The predicted molar refractivity (Wildman–Crippen MR) is 122 cm³/mol. The first kappa shape index (κ1) is 21.2. The van der Waals surface area contributed by atoms with Crippen molar-refractivity contribution >= 4 is 29.8 Å². The lowest BCUT2D eigenvalue weighted by molar-refractivity contribution is 0.560. The average molecular weight is 448 g/mol. The summed E-state index contributed by atoms with van der Waals surface area (Å²) in [6.07, 6.45) is 6.50.